The molecule has 4 heteroatoms. The molecule has 4 nitrogen and oxygen atoms in total. The van der Waals surface area contributed by atoms with Crippen molar-refractivity contribution in [2.45, 2.75) is 53.5 Å². The van der Waals surface area contributed by atoms with Crippen molar-refractivity contribution in [1.82, 2.24) is 9.78 Å². The first kappa shape index (κ1) is 14.4. The predicted molar refractivity (Wildman–Crippen MR) is 70.3 cm³/mol. The average Bonchev–Trinajstić information content (AvgIpc) is 2.60. The van der Waals surface area contributed by atoms with Crippen molar-refractivity contribution < 1.29 is 4.79 Å². The molecule has 0 spiro atoms. The lowest BCUT2D eigenvalue weighted by Crippen LogP contribution is -2.09. The van der Waals surface area contributed by atoms with Gasteiger partial charge in [-0.25, -0.2) is 0 Å². The van der Waals surface area contributed by atoms with Crippen molar-refractivity contribution in [3.05, 3.63) is 17.0 Å². The van der Waals surface area contributed by atoms with E-state index in [-0.39, 0.29) is 5.41 Å². The number of unbranched alkanes of at least 4 members (excludes halogenated alkanes) is 1. The number of carbonyl (C=O) groups excluding carboxylic acids is 1. The van der Waals surface area contributed by atoms with Crippen LogP contribution in [0.2, 0.25) is 0 Å². The molecule has 0 aliphatic heterocycles. The minimum Gasteiger partial charge on any atom is -0.298 e. The molecule has 0 fully saturated rings. The van der Waals surface area contributed by atoms with Gasteiger partial charge in [-0.2, -0.15) is 10.4 Å². The third-order valence-electron chi connectivity index (χ3n) is 3.28. The third kappa shape index (κ3) is 3.43. The summed E-state index contributed by atoms with van der Waals surface area (Å²) in [5.74, 6) is 0. The molecule has 1 aromatic heterocycles. The Hall–Kier alpha value is -1.63. The highest BCUT2D eigenvalue weighted by atomic mass is 16.1. The van der Waals surface area contributed by atoms with Crippen molar-refractivity contribution in [3.8, 4) is 6.07 Å². The zero-order valence-corrected chi connectivity index (χ0v) is 11.7. The Morgan fingerprint density at radius 1 is 1.39 bits per heavy atom. The Morgan fingerprint density at radius 2 is 2.06 bits per heavy atom. The van der Waals surface area contributed by atoms with E-state index >= 15 is 0 Å². The molecule has 98 valence electrons. The molecule has 0 atom stereocenters. The fraction of sp³-hybridized carbons (Fsp3) is 0.643. The summed E-state index contributed by atoms with van der Waals surface area (Å²) < 4.78 is 1.89. The van der Waals surface area contributed by atoms with E-state index in [1.165, 1.54) is 0 Å². The quantitative estimate of drug-likeness (QED) is 0.573. The van der Waals surface area contributed by atoms with Gasteiger partial charge in [-0.1, -0.05) is 6.42 Å². The van der Waals surface area contributed by atoms with Gasteiger partial charge in [0.1, 0.15) is 0 Å². The van der Waals surface area contributed by atoms with Crippen LogP contribution in [0.4, 0.5) is 0 Å². The molecular formula is C14H21N3O. The number of hydrogen-bond donors (Lipinski definition) is 0. The van der Waals surface area contributed by atoms with Crippen LogP contribution in [-0.4, -0.2) is 16.1 Å². The Balaban J connectivity index is 2.51. The van der Waals surface area contributed by atoms with Gasteiger partial charge in [0.05, 0.1) is 22.7 Å². The first-order valence-corrected chi connectivity index (χ1v) is 6.31. The van der Waals surface area contributed by atoms with Crippen LogP contribution >= 0.6 is 0 Å². The molecule has 0 amide bonds. The molecule has 0 N–H and O–H groups in total. The van der Waals surface area contributed by atoms with Crippen molar-refractivity contribution >= 4 is 6.29 Å². The van der Waals surface area contributed by atoms with Gasteiger partial charge < -0.3 is 0 Å². The van der Waals surface area contributed by atoms with E-state index in [1.54, 1.807) is 0 Å². The minimum atomic E-state index is -0.247. The van der Waals surface area contributed by atoms with Gasteiger partial charge in [-0.15, -0.1) is 0 Å². The zero-order chi connectivity index (χ0) is 13.8. The second kappa shape index (κ2) is 5.81. The molecular weight excluding hydrogens is 226 g/mol. The van der Waals surface area contributed by atoms with Gasteiger partial charge >= 0.3 is 0 Å². The van der Waals surface area contributed by atoms with Crippen molar-refractivity contribution in [2.24, 2.45) is 5.41 Å². The fourth-order valence-electron chi connectivity index (χ4n) is 1.98. The molecule has 0 radical (unpaired) electrons. The van der Waals surface area contributed by atoms with E-state index in [0.29, 0.717) is 5.56 Å². The topological polar surface area (TPSA) is 58.7 Å². The summed E-state index contributed by atoms with van der Waals surface area (Å²) in [5, 5.41) is 13.3. The van der Waals surface area contributed by atoms with Gasteiger partial charge in [0.15, 0.2) is 6.29 Å². The Labute approximate surface area is 109 Å². The lowest BCUT2D eigenvalue weighted by Gasteiger charge is -2.14. The van der Waals surface area contributed by atoms with Crippen molar-refractivity contribution in [1.29, 1.82) is 5.26 Å². The smallest absolute Gasteiger partial charge is 0.153 e. The van der Waals surface area contributed by atoms with E-state index in [2.05, 4.69) is 11.2 Å². The molecule has 1 aromatic rings. The largest absolute Gasteiger partial charge is 0.298 e. The Morgan fingerprint density at radius 3 is 2.56 bits per heavy atom. The maximum Gasteiger partial charge on any atom is 0.153 e. The molecule has 0 aliphatic carbocycles. The van der Waals surface area contributed by atoms with Gasteiger partial charge in [0.25, 0.3) is 0 Å². The molecule has 1 rings (SSSR count). The Kier molecular flexibility index (Phi) is 4.66. The van der Waals surface area contributed by atoms with E-state index in [9.17, 15) is 4.79 Å². The summed E-state index contributed by atoms with van der Waals surface area (Å²) in [6.45, 7) is 8.50. The second-order valence-electron chi connectivity index (χ2n) is 5.38. The fourth-order valence-corrected chi connectivity index (χ4v) is 1.98. The molecule has 1 heterocycles. The number of hydrogen-bond acceptors (Lipinski definition) is 3. The van der Waals surface area contributed by atoms with E-state index in [1.807, 2.05) is 32.4 Å². The minimum absolute atomic E-state index is 0.247. The van der Waals surface area contributed by atoms with E-state index in [4.69, 9.17) is 5.26 Å². The third-order valence-corrected chi connectivity index (χ3v) is 3.28. The summed E-state index contributed by atoms with van der Waals surface area (Å²) in [4.78, 5) is 10.9. The zero-order valence-electron chi connectivity index (χ0n) is 11.7. The summed E-state index contributed by atoms with van der Waals surface area (Å²) in [7, 11) is 0. The summed E-state index contributed by atoms with van der Waals surface area (Å²) in [5.41, 5.74) is 2.18. The number of nitriles is 1. The number of aromatic nitrogens is 2. The number of aldehydes is 1. The molecule has 0 saturated heterocycles. The molecule has 0 bridgehead atoms. The van der Waals surface area contributed by atoms with Crippen LogP contribution in [0.1, 0.15) is 54.9 Å². The van der Waals surface area contributed by atoms with Crippen LogP contribution in [0.15, 0.2) is 0 Å². The summed E-state index contributed by atoms with van der Waals surface area (Å²) >= 11 is 0. The molecule has 0 aliphatic rings. The predicted octanol–water partition coefficient (Wildman–Crippen LogP) is 3.03. The van der Waals surface area contributed by atoms with Crippen molar-refractivity contribution in [2.75, 3.05) is 0 Å². The van der Waals surface area contributed by atoms with Crippen LogP contribution in [0.3, 0.4) is 0 Å². The SMILES string of the molecule is Cc1nn(CCCCC(C)(C)C#N)c(C)c1C=O. The van der Waals surface area contributed by atoms with Gasteiger partial charge in [-0.3, -0.25) is 9.48 Å². The molecule has 0 saturated carbocycles. The van der Waals surface area contributed by atoms with Crippen molar-refractivity contribution in [3.63, 3.8) is 0 Å². The first-order valence-electron chi connectivity index (χ1n) is 6.31. The lowest BCUT2D eigenvalue weighted by molar-refractivity contribution is 0.112. The van der Waals surface area contributed by atoms with Gasteiger partial charge in [-0.05, 0) is 40.5 Å². The van der Waals surface area contributed by atoms with Crippen LogP contribution < -0.4 is 0 Å². The number of carbonyl (C=O) groups is 1. The normalized spacial score (nSPS) is 11.3. The number of rotatable bonds is 6. The standard InChI is InChI=1S/C14H21N3O/c1-11-13(9-18)12(2)17(16-11)8-6-5-7-14(3,4)10-15/h9H,5-8H2,1-4H3. The molecule has 0 unspecified atom stereocenters. The van der Waals surface area contributed by atoms with Crippen LogP contribution in [0.5, 0.6) is 0 Å². The number of aryl methyl sites for hydroxylation is 2. The monoisotopic (exact) mass is 247 g/mol. The van der Waals surface area contributed by atoms with E-state index < -0.39 is 0 Å². The maximum atomic E-state index is 10.9. The maximum absolute atomic E-state index is 10.9. The highest BCUT2D eigenvalue weighted by Gasteiger charge is 2.16. The average molecular weight is 247 g/mol. The lowest BCUT2D eigenvalue weighted by atomic mass is 9.89. The van der Waals surface area contributed by atoms with Gasteiger partial charge in [0, 0.05) is 12.2 Å². The number of nitrogens with zero attached hydrogens (tertiary/aromatic N) is 3. The van der Waals surface area contributed by atoms with E-state index in [0.717, 1.165) is 43.5 Å². The Bertz CT molecular complexity index is 466. The van der Waals surface area contributed by atoms with Crippen LogP contribution in [0, 0.1) is 30.6 Å². The molecule has 18 heavy (non-hydrogen) atoms. The second-order valence-corrected chi connectivity index (χ2v) is 5.38. The van der Waals surface area contributed by atoms with Crippen LogP contribution in [-0.2, 0) is 6.54 Å². The van der Waals surface area contributed by atoms with Gasteiger partial charge in [0.2, 0.25) is 0 Å². The highest BCUT2D eigenvalue weighted by molar-refractivity contribution is 5.77. The summed E-state index contributed by atoms with van der Waals surface area (Å²) in [6.07, 6.45) is 3.73. The summed E-state index contributed by atoms with van der Waals surface area (Å²) in [6, 6.07) is 2.30. The molecule has 0 aromatic carbocycles. The van der Waals surface area contributed by atoms with Crippen LogP contribution in [0.25, 0.3) is 0 Å². The highest BCUT2D eigenvalue weighted by Crippen LogP contribution is 2.22. The first-order chi connectivity index (χ1) is 8.41.